The van der Waals surface area contributed by atoms with Crippen LogP contribution in [0, 0.1) is 0 Å². The number of nitrogens with zero attached hydrogens (tertiary/aromatic N) is 4. The lowest BCUT2D eigenvalue weighted by molar-refractivity contribution is -0.137. The summed E-state index contributed by atoms with van der Waals surface area (Å²) in [5, 5.41) is 2.55. The third kappa shape index (κ3) is 3.81. The van der Waals surface area contributed by atoms with Crippen LogP contribution in [0.25, 0.3) is 5.82 Å². The van der Waals surface area contributed by atoms with Crippen LogP contribution >= 0.6 is 11.5 Å². The molecule has 0 radical (unpaired) electrons. The van der Waals surface area contributed by atoms with Crippen LogP contribution in [0.15, 0.2) is 49.2 Å². The van der Waals surface area contributed by atoms with E-state index in [4.69, 9.17) is 5.73 Å². The number of nitrogens with one attached hydrogen (secondary N) is 1. The minimum atomic E-state index is -1.11. The molecule has 3 heterocycles. The first-order chi connectivity index (χ1) is 12.6. The third-order valence-electron chi connectivity index (χ3n) is 3.53. The van der Waals surface area contributed by atoms with Crippen molar-refractivity contribution in [1.82, 2.24) is 24.2 Å². The molecule has 132 valence electrons. The molecule has 26 heavy (non-hydrogen) atoms. The van der Waals surface area contributed by atoms with E-state index in [0.717, 1.165) is 4.88 Å². The monoisotopic (exact) mass is 370 g/mol. The van der Waals surface area contributed by atoms with Gasteiger partial charge >= 0.3 is 0 Å². The van der Waals surface area contributed by atoms with Crippen molar-refractivity contribution in [3.63, 3.8) is 0 Å². The maximum atomic E-state index is 12.6. The van der Waals surface area contributed by atoms with Crippen LogP contribution in [0.1, 0.15) is 15.4 Å². The van der Waals surface area contributed by atoms with E-state index in [2.05, 4.69) is 19.7 Å². The van der Waals surface area contributed by atoms with Gasteiger partial charge in [0.1, 0.15) is 23.9 Å². The number of Topliss-reactive ketones (excluding diaryl/α,β-unsaturated/α-hetero) is 1. The van der Waals surface area contributed by atoms with E-state index in [1.807, 2.05) is 0 Å². The van der Waals surface area contributed by atoms with Gasteiger partial charge in [-0.1, -0.05) is 6.07 Å². The summed E-state index contributed by atoms with van der Waals surface area (Å²) in [5.41, 5.74) is 5.28. The molecule has 1 atom stereocenters. The first kappa shape index (κ1) is 17.4. The zero-order valence-corrected chi connectivity index (χ0v) is 14.2. The van der Waals surface area contributed by atoms with Crippen molar-refractivity contribution in [2.75, 3.05) is 0 Å². The first-order valence-corrected chi connectivity index (χ1v) is 8.31. The maximum Gasteiger partial charge on any atom is 0.287 e. The van der Waals surface area contributed by atoms with E-state index in [-0.39, 0.29) is 12.1 Å². The number of imidazole rings is 1. The molecule has 0 aliphatic heterocycles. The van der Waals surface area contributed by atoms with Gasteiger partial charge in [-0.2, -0.15) is 0 Å². The molecule has 0 saturated carbocycles. The average Bonchev–Trinajstić information content (AvgIpc) is 3.32. The largest absolute Gasteiger partial charge is 0.363 e. The molecular weight excluding hydrogens is 356 g/mol. The molecule has 0 fully saturated rings. The highest BCUT2D eigenvalue weighted by Gasteiger charge is 2.27. The number of carbonyl (C=O) groups excluding carboxylic acids is 3. The zero-order chi connectivity index (χ0) is 18.5. The van der Waals surface area contributed by atoms with Gasteiger partial charge in [-0.15, -0.1) is 0 Å². The highest BCUT2D eigenvalue weighted by molar-refractivity contribution is 7.05. The van der Waals surface area contributed by atoms with E-state index in [9.17, 15) is 14.4 Å². The van der Waals surface area contributed by atoms with Gasteiger partial charge in [0.15, 0.2) is 0 Å². The van der Waals surface area contributed by atoms with Crippen LogP contribution in [-0.2, 0) is 16.0 Å². The fourth-order valence-corrected chi connectivity index (χ4v) is 2.92. The van der Waals surface area contributed by atoms with Crippen LogP contribution in [0.2, 0.25) is 0 Å². The molecule has 3 N–H and O–H groups in total. The molecule has 3 rings (SSSR count). The zero-order valence-electron chi connectivity index (χ0n) is 13.4. The van der Waals surface area contributed by atoms with E-state index in [0.29, 0.717) is 5.82 Å². The van der Waals surface area contributed by atoms with E-state index in [1.165, 1.54) is 28.6 Å². The van der Waals surface area contributed by atoms with E-state index < -0.39 is 23.6 Å². The number of hydrogen-bond donors (Lipinski definition) is 2. The van der Waals surface area contributed by atoms with Crippen molar-refractivity contribution in [1.29, 1.82) is 0 Å². The van der Waals surface area contributed by atoms with Gasteiger partial charge in [-0.25, -0.2) is 14.3 Å². The van der Waals surface area contributed by atoms with Crippen molar-refractivity contribution >= 4 is 29.1 Å². The minimum absolute atomic E-state index is 0.121. The van der Waals surface area contributed by atoms with Crippen LogP contribution in [0.4, 0.5) is 0 Å². The minimum Gasteiger partial charge on any atom is -0.363 e. The number of rotatable bonds is 7. The van der Waals surface area contributed by atoms with Gasteiger partial charge in [0.25, 0.3) is 11.8 Å². The van der Waals surface area contributed by atoms with Crippen molar-refractivity contribution < 1.29 is 14.4 Å². The Balaban J connectivity index is 1.83. The molecule has 3 aromatic rings. The summed E-state index contributed by atoms with van der Waals surface area (Å²) < 4.78 is 5.42. The number of hydrogen-bond acceptors (Lipinski definition) is 7. The fraction of sp³-hybridized carbons (Fsp3) is 0.125. The highest BCUT2D eigenvalue weighted by Crippen LogP contribution is 2.11. The number of ketones is 1. The molecule has 0 spiro atoms. The Morgan fingerprint density at radius 3 is 2.73 bits per heavy atom. The van der Waals surface area contributed by atoms with Gasteiger partial charge in [0.2, 0.25) is 5.78 Å². The average molecular weight is 370 g/mol. The number of pyridine rings is 1. The maximum absolute atomic E-state index is 12.6. The highest BCUT2D eigenvalue weighted by atomic mass is 32.1. The van der Waals surface area contributed by atoms with Crippen molar-refractivity contribution in [3.8, 4) is 5.82 Å². The smallest absolute Gasteiger partial charge is 0.287 e. The lowest BCUT2D eigenvalue weighted by Gasteiger charge is -2.15. The number of amides is 2. The molecule has 0 aliphatic carbocycles. The molecule has 2 amide bonds. The summed E-state index contributed by atoms with van der Waals surface area (Å²) in [6.45, 7) is 0. The summed E-state index contributed by atoms with van der Waals surface area (Å²) in [7, 11) is 0. The molecule has 0 saturated heterocycles. The SMILES string of the molecule is NC(=O)C(=O)C(Cc1ccns1)NC(=O)c1cncn1-c1ccccn1. The van der Waals surface area contributed by atoms with Crippen LogP contribution in [0.5, 0.6) is 0 Å². The van der Waals surface area contributed by atoms with Crippen molar-refractivity contribution in [3.05, 3.63) is 59.8 Å². The molecule has 10 heteroatoms. The second-order valence-corrected chi connectivity index (χ2v) is 6.19. The Morgan fingerprint density at radius 2 is 2.08 bits per heavy atom. The number of nitrogens with two attached hydrogens (primary N) is 1. The number of aromatic nitrogens is 4. The van der Waals surface area contributed by atoms with Gasteiger partial charge in [0, 0.05) is 23.7 Å². The van der Waals surface area contributed by atoms with Crippen molar-refractivity contribution in [2.45, 2.75) is 12.5 Å². The third-order valence-corrected chi connectivity index (χ3v) is 4.29. The van der Waals surface area contributed by atoms with Crippen LogP contribution in [-0.4, -0.2) is 42.5 Å². The molecule has 1 unspecified atom stereocenters. The summed E-state index contributed by atoms with van der Waals surface area (Å²) >= 11 is 1.17. The molecular formula is C16H14N6O3S. The van der Waals surface area contributed by atoms with Crippen LogP contribution in [0.3, 0.4) is 0 Å². The van der Waals surface area contributed by atoms with Gasteiger partial charge in [0.05, 0.1) is 6.20 Å². The number of primary amides is 1. The standard InChI is InChI=1S/C16H14N6O3S/c17-15(24)14(23)11(7-10-4-6-20-26-10)21-16(25)12-8-18-9-22(12)13-3-1-2-5-19-13/h1-6,8-9,11H,7H2,(H2,17,24)(H,21,25). The summed E-state index contributed by atoms with van der Waals surface area (Å²) in [6, 6.07) is 5.84. The second-order valence-electron chi connectivity index (χ2n) is 5.27. The summed E-state index contributed by atoms with van der Waals surface area (Å²) in [5.74, 6) is -2.07. The predicted octanol–water partition coefficient (Wildman–Crippen LogP) is 0.119. The lowest BCUT2D eigenvalue weighted by Crippen LogP contribution is -2.47. The topological polar surface area (TPSA) is 133 Å². The first-order valence-electron chi connectivity index (χ1n) is 7.54. The Morgan fingerprint density at radius 1 is 1.23 bits per heavy atom. The molecule has 0 aliphatic rings. The number of carbonyl (C=O) groups is 3. The molecule has 0 aromatic carbocycles. The van der Waals surface area contributed by atoms with E-state index >= 15 is 0 Å². The summed E-state index contributed by atoms with van der Waals surface area (Å²) in [4.78, 5) is 44.9. The molecule has 0 bridgehead atoms. The Labute approximate surface area is 152 Å². The van der Waals surface area contributed by atoms with Crippen LogP contribution < -0.4 is 11.1 Å². The normalized spacial score (nSPS) is 11.7. The van der Waals surface area contributed by atoms with Gasteiger partial charge in [-0.3, -0.25) is 19.0 Å². The predicted molar refractivity (Wildman–Crippen MR) is 92.6 cm³/mol. The molecule has 3 aromatic heterocycles. The van der Waals surface area contributed by atoms with Gasteiger partial charge in [-0.05, 0) is 29.7 Å². The summed E-state index contributed by atoms with van der Waals surface area (Å²) in [6.07, 6.45) is 6.06. The van der Waals surface area contributed by atoms with E-state index in [1.54, 1.807) is 36.7 Å². The van der Waals surface area contributed by atoms with Crippen molar-refractivity contribution in [2.24, 2.45) is 5.73 Å². The fourth-order valence-electron chi connectivity index (χ4n) is 2.30. The lowest BCUT2D eigenvalue weighted by atomic mass is 10.1. The quantitative estimate of drug-likeness (QED) is 0.568. The Kier molecular flexibility index (Phi) is 5.13. The second kappa shape index (κ2) is 7.66. The Hall–Kier alpha value is -3.40. The molecule has 9 nitrogen and oxygen atoms in total. The van der Waals surface area contributed by atoms with Gasteiger partial charge < -0.3 is 11.1 Å². The Bertz CT molecular complexity index is 923.